The molecule has 1 saturated heterocycles. The van der Waals surface area contributed by atoms with Gasteiger partial charge in [0.2, 0.25) is 0 Å². The highest BCUT2D eigenvalue weighted by Crippen LogP contribution is 2.33. The molecule has 5 heteroatoms. The molecule has 0 amide bonds. The molecule has 2 fully saturated rings. The number of aromatic nitrogens is 3. The van der Waals surface area contributed by atoms with Gasteiger partial charge in [-0.15, -0.1) is 5.10 Å². The molecule has 0 bridgehead atoms. The maximum atomic E-state index is 4.46. The predicted molar refractivity (Wildman–Crippen MR) is 93.5 cm³/mol. The van der Waals surface area contributed by atoms with Crippen molar-refractivity contribution < 1.29 is 0 Å². The molecule has 22 heavy (non-hydrogen) atoms. The first-order chi connectivity index (χ1) is 10.8. The largest absolute Gasteiger partial charge is 0.303 e. The molecule has 1 aromatic rings. The quantitative estimate of drug-likeness (QED) is 0.799. The van der Waals surface area contributed by atoms with Gasteiger partial charge in [0.15, 0.2) is 0 Å². The van der Waals surface area contributed by atoms with E-state index in [0.717, 1.165) is 5.25 Å². The molecule has 4 nitrogen and oxygen atoms in total. The average molecular weight is 323 g/mol. The second kappa shape index (κ2) is 7.82. The summed E-state index contributed by atoms with van der Waals surface area (Å²) in [7, 11) is 0. The summed E-state index contributed by atoms with van der Waals surface area (Å²) in [5.41, 5.74) is 1.24. The molecule has 2 aliphatic rings. The van der Waals surface area contributed by atoms with Crippen LogP contribution in [0.4, 0.5) is 0 Å². The molecule has 0 N–H and O–H groups in total. The highest BCUT2D eigenvalue weighted by atomic mass is 32.2. The van der Waals surface area contributed by atoms with E-state index in [1.54, 1.807) is 0 Å². The van der Waals surface area contributed by atoms with Crippen LogP contribution in [0, 0.1) is 0 Å². The summed E-state index contributed by atoms with van der Waals surface area (Å²) >= 11 is 1.98. The standard InChI is InChI=1S/C17H30N4S/c1-14(22-2)7-10-20-11-8-16(9-12-20)21-13-17(18-19-21)15-5-3-4-6-15/h13-16H,3-12H2,1-2H3. The van der Waals surface area contributed by atoms with Gasteiger partial charge in [0.05, 0.1) is 11.7 Å². The summed E-state index contributed by atoms with van der Waals surface area (Å²) in [5, 5.41) is 9.68. The molecule has 124 valence electrons. The van der Waals surface area contributed by atoms with Crippen LogP contribution in [0.5, 0.6) is 0 Å². The van der Waals surface area contributed by atoms with E-state index in [2.05, 4.69) is 39.3 Å². The number of nitrogens with zero attached hydrogens (tertiary/aromatic N) is 4. The van der Waals surface area contributed by atoms with Crippen LogP contribution in [-0.4, -0.2) is 51.0 Å². The molecule has 1 aliphatic heterocycles. The molecular formula is C17H30N4S. The lowest BCUT2D eigenvalue weighted by molar-refractivity contribution is 0.177. The van der Waals surface area contributed by atoms with Gasteiger partial charge in [-0.05, 0) is 44.9 Å². The third-order valence-corrected chi connectivity index (χ3v) is 6.53. The van der Waals surface area contributed by atoms with Gasteiger partial charge in [-0.1, -0.05) is 25.0 Å². The number of hydrogen-bond acceptors (Lipinski definition) is 4. The van der Waals surface area contributed by atoms with Gasteiger partial charge in [-0.3, -0.25) is 0 Å². The summed E-state index contributed by atoms with van der Waals surface area (Å²) in [4.78, 5) is 2.62. The van der Waals surface area contributed by atoms with Crippen molar-refractivity contribution >= 4 is 11.8 Å². The fraction of sp³-hybridized carbons (Fsp3) is 0.882. The fourth-order valence-electron chi connectivity index (χ4n) is 3.77. The molecule has 0 spiro atoms. The molecule has 1 atom stereocenters. The van der Waals surface area contributed by atoms with Gasteiger partial charge in [0.1, 0.15) is 0 Å². The van der Waals surface area contributed by atoms with Gasteiger partial charge in [-0.2, -0.15) is 11.8 Å². The molecule has 1 saturated carbocycles. The Morgan fingerprint density at radius 3 is 2.64 bits per heavy atom. The van der Waals surface area contributed by atoms with Gasteiger partial charge in [-0.25, -0.2) is 4.68 Å². The molecule has 3 rings (SSSR count). The minimum Gasteiger partial charge on any atom is -0.303 e. The van der Waals surface area contributed by atoms with Crippen molar-refractivity contribution in [3.63, 3.8) is 0 Å². The third-order valence-electron chi connectivity index (χ3n) is 5.49. The van der Waals surface area contributed by atoms with Crippen molar-refractivity contribution in [3.8, 4) is 0 Å². The Balaban J connectivity index is 1.47. The average Bonchev–Trinajstić information content (AvgIpc) is 3.23. The van der Waals surface area contributed by atoms with Crippen LogP contribution in [0.25, 0.3) is 0 Å². The zero-order valence-corrected chi connectivity index (χ0v) is 14.9. The number of rotatable bonds is 6. The number of thioether (sulfide) groups is 1. The Kier molecular flexibility index (Phi) is 5.80. The fourth-order valence-corrected chi connectivity index (χ4v) is 4.11. The maximum absolute atomic E-state index is 4.46. The highest BCUT2D eigenvalue weighted by Gasteiger charge is 2.24. The minimum absolute atomic E-state index is 0.567. The van der Waals surface area contributed by atoms with E-state index in [1.807, 2.05) is 11.8 Å². The zero-order chi connectivity index (χ0) is 15.4. The minimum atomic E-state index is 0.567. The summed E-state index contributed by atoms with van der Waals surface area (Å²) in [6.45, 7) is 6.01. The Labute approximate surface area is 139 Å². The van der Waals surface area contributed by atoms with Gasteiger partial charge in [0.25, 0.3) is 0 Å². The van der Waals surface area contributed by atoms with Crippen molar-refractivity contribution in [3.05, 3.63) is 11.9 Å². The Hall–Kier alpha value is -0.550. The van der Waals surface area contributed by atoms with Crippen LogP contribution in [0.3, 0.4) is 0 Å². The van der Waals surface area contributed by atoms with Gasteiger partial charge >= 0.3 is 0 Å². The number of hydrogen-bond donors (Lipinski definition) is 0. The SMILES string of the molecule is CSC(C)CCN1CCC(n2cc(C3CCCC3)nn2)CC1. The molecule has 2 heterocycles. The monoisotopic (exact) mass is 322 g/mol. The summed E-state index contributed by atoms with van der Waals surface area (Å²) in [5.74, 6) is 0.682. The van der Waals surface area contributed by atoms with Crippen LogP contribution in [0.15, 0.2) is 6.20 Å². The Morgan fingerprint density at radius 2 is 1.95 bits per heavy atom. The molecular weight excluding hydrogens is 292 g/mol. The van der Waals surface area contributed by atoms with Crippen molar-refractivity contribution in [2.45, 2.75) is 69.1 Å². The molecule has 1 aromatic heterocycles. The van der Waals surface area contributed by atoms with Crippen molar-refractivity contribution in [2.24, 2.45) is 0 Å². The zero-order valence-electron chi connectivity index (χ0n) is 14.1. The topological polar surface area (TPSA) is 34.0 Å². The van der Waals surface area contributed by atoms with Crippen LogP contribution < -0.4 is 0 Å². The number of piperidine rings is 1. The first-order valence-corrected chi connectivity index (χ1v) is 10.2. The van der Waals surface area contributed by atoms with E-state index in [1.165, 1.54) is 70.3 Å². The Morgan fingerprint density at radius 1 is 1.23 bits per heavy atom. The summed E-state index contributed by atoms with van der Waals surface area (Å²) in [6.07, 6.45) is 13.6. The van der Waals surface area contributed by atoms with Crippen molar-refractivity contribution in [2.75, 3.05) is 25.9 Å². The smallest absolute Gasteiger partial charge is 0.0858 e. The van der Waals surface area contributed by atoms with E-state index < -0.39 is 0 Å². The lowest BCUT2D eigenvalue weighted by atomic mass is 10.0. The first kappa shape index (κ1) is 16.3. The van der Waals surface area contributed by atoms with Crippen molar-refractivity contribution in [1.82, 2.24) is 19.9 Å². The van der Waals surface area contributed by atoms with Crippen LogP contribution in [0.1, 0.15) is 69.5 Å². The third kappa shape index (κ3) is 4.05. The number of likely N-dealkylation sites (tertiary alicyclic amines) is 1. The first-order valence-electron chi connectivity index (χ1n) is 8.93. The lowest BCUT2D eigenvalue weighted by Gasteiger charge is -2.32. The lowest BCUT2D eigenvalue weighted by Crippen LogP contribution is -2.36. The normalized spacial score (nSPS) is 23.2. The van der Waals surface area contributed by atoms with Crippen molar-refractivity contribution in [1.29, 1.82) is 0 Å². The molecule has 1 unspecified atom stereocenters. The van der Waals surface area contributed by atoms with E-state index in [-0.39, 0.29) is 0 Å². The van der Waals surface area contributed by atoms with E-state index in [0.29, 0.717) is 12.0 Å². The van der Waals surface area contributed by atoms with Crippen LogP contribution in [-0.2, 0) is 0 Å². The van der Waals surface area contributed by atoms with E-state index >= 15 is 0 Å². The van der Waals surface area contributed by atoms with Gasteiger partial charge < -0.3 is 4.90 Å². The second-order valence-electron chi connectivity index (χ2n) is 7.01. The second-order valence-corrected chi connectivity index (χ2v) is 8.29. The van der Waals surface area contributed by atoms with E-state index in [9.17, 15) is 0 Å². The molecule has 0 radical (unpaired) electrons. The predicted octanol–water partition coefficient (Wildman–Crippen LogP) is 3.71. The summed E-state index contributed by atoms with van der Waals surface area (Å²) in [6, 6.07) is 0.567. The maximum Gasteiger partial charge on any atom is 0.0858 e. The molecule has 0 aromatic carbocycles. The summed E-state index contributed by atoms with van der Waals surface area (Å²) < 4.78 is 2.16. The molecule has 1 aliphatic carbocycles. The van der Waals surface area contributed by atoms with Gasteiger partial charge in [0, 0.05) is 30.5 Å². The van der Waals surface area contributed by atoms with Crippen LogP contribution in [0.2, 0.25) is 0 Å². The highest BCUT2D eigenvalue weighted by molar-refractivity contribution is 7.99. The van der Waals surface area contributed by atoms with Crippen LogP contribution >= 0.6 is 11.8 Å². The Bertz CT molecular complexity index is 447. The van der Waals surface area contributed by atoms with E-state index in [4.69, 9.17) is 0 Å².